The van der Waals surface area contributed by atoms with Crippen molar-refractivity contribution in [1.82, 2.24) is 0 Å². The Balaban J connectivity index is 2.06. The molecule has 0 amide bonds. The second-order valence-corrected chi connectivity index (χ2v) is 6.24. The van der Waals surface area contributed by atoms with Crippen LogP contribution < -0.4 is 4.74 Å². The van der Waals surface area contributed by atoms with Crippen molar-refractivity contribution in [3.05, 3.63) is 30.3 Å². The van der Waals surface area contributed by atoms with E-state index >= 15 is 0 Å². The molecule has 3 heteroatoms. The van der Waals surface area contributed by atoms with Crippen LogP contribution in [0.4, 0.5) is 0 Å². The summed E-state index contributed by atoms with van der Waals surface area (Å²) in [4.78, 5) is 11.8. The van der Waals surface area contributed by atoms with Crippen LogP contribution in [0.25, 0.3) is 0 Å². The SMILES string of the molecule is CC(C)C(=O)O[C@@H](C)[C@H](Oc1ccccc1)C1CCCC1. The lowest BCUT2D eigenvalue weighted by Crippen LogP contribution is -2.39. The number of hydrogen-bond acceptors (Lipinski definition) is 3. The fraction of sp³-hybridized carbons (Fsp3) is 0.611. The van der Waals surface area contributed by atoms with Crippen molar-refractivity contribution in [3.8, 4) is 5.75 Å². The zero-order valence-electron chi connectivity index (χ0n) is 13.2. The zero-order valence-corrected chi connectivity index (χ0v) is 13.2. The molecule has 2 rings (SSSR count). The van der Waals surface area contributed by atoms with Gasteiger partial charge >= 0.3 is 5.97 Å². The Hall–Kier alpha value is -1.51. The second kappa shape index (κ2) is 7.48. The van der Waals surface area contributed by atoms with Crippen LogP contribution in [0, 0.1) is 11.8 Å². The summed E-state index contributed by atoms with van der Waals surface area (Å²) in [7, 11) is 0. The number of esters is 1. The van der Waals surface area contributed by atoms with Crippen molar-refractivity contribution in [3.63, 3.8) is 0 Å². The first-order valence-corrected chi connectivity index (χ1v) is 8.00. The van der Waals surface area contributed by atoms with Crippen molar-refractivity contribution >= 4 is 5.97 Å². The largest absolute Gasteiger partial charge is 0.486 e. The van der Waals surface area contributed by atoms with E-state index in [1.165, 1.54) is 12.8 Å². The summed E-state index contributed by atoms with van der Waals surface area (Å²) in [5, 5.41) is 0. The number of hydrogen-bond donors (Lipinski definition) is 0. The zero-order chi connectivity index (χ0) is 15.2. The Morgan fingerprint density at radius 1 is 1.10 bits per heavy atom. The summed E-state index contributed by atoms with van der Waals surface area (Å²) >= 11 is 0. The molecule has 0 saturated heterocycles. The van der Waals surface area contributed by atoms with E-state index in [1.54, 1.807) is 0 Å². The highest BCUT2D eigenvalue weighted by molar-refractivity contribution is 5.71. The Morgan fingerprint density at radius 3 is 2.29 bits per heavy atom. The third-order valence-corrected chi connectivity index (χ3v) is 4.12. The molecular formula is C18H26O3. The van der Waals surface area contributed by atoms with Crippen molar-refractivity contribution in [2.24, 2.45) is 11.8 Å². The van der Waals surface area contributed by atoms with E-state index in [0.717, 1.165) is 18.6 Å². The van der Waals surface area contributed by atoms with Gasteiger partial charge in [-0.3, -0.25) is 4.79 Å². The molecule has 3 nitrogen and oxygen atoms in total. The highest BCUT2D eigenvalue weighted by Crippen LogP contribution is 2.32. The molecule has 0 unspecified atom stereocenters. The van der Waals surface area contributed by atoms with Gasteiger partial charge in [0.05, 0.1) is 5.92 Å². The molecule has 0 spiro atoms. The van der Waals surface area contributed by atoms with Crippen molar-refractivity contribution in [1.29, 1.82) is 0 Å². The molecule has 1 aliphatic carbocycles. The summed E-state index contributed by atoms with van der Waals surface area (Å²) in [6.45, 7) is 5.67. The molecule has 0 N–H and O–H groups in total. The molecule has 0 heterocycles. The molecule has 0 radical (unpaired) electrons. The van der Waals surface area contributed by atoms with Crippen LogP contribution in [0.15, 0.2) is 30.3 Å². The molecule has 21 heavy (non-hydrogen) atoms. The Labute approximate surface area is 127 Å². The molecule has 0 aliphatic heterocycles. The minimum atomic E-state index is -0.219. The van der Waals surface area contributed by atoms with Gasteiger partial charge in [0.25, 0.3) is 0 Å². The first-order chi connectivity index (χ1) is 10.1. The highest BCUT2D eigenvalue weighted by atomic mass is 16.6. The van der Waals surface area contributed by atoms with Gasteiger partial charge in [-0.15, -0.1) is 0 Å². The monoisotopic (exact) mass is 290 g/mol. The third-order valence-electron chi connectivity index (χ3n) is 4.12. The molecule has 1 aromatic rings. The fourth-order valence-corrected chi connectivity index (χ4v) is 2.90. The summed E-state index contributed by atoms with van der Waals surface area (Å²) in [6, 6.07) is 9.81. The molecule has 0 bridgehead atoms. The minimum Gasteiger partial charge on any atom is -0.486 e. The maximum atomic E-state index is 11.8. The molecular weight excluding hydrogens is 264 g/mol. The van der Waals surface area contributed by atoms with Crippen molar-refractivity contribution in [2.75, 3.05) is 0 Å². The summed E-state index contributed by atoms with van der Waals surface area (Å²) in [6.07, 6.45) is 4.51. The van der Waals surface area contributed by atoms with Crippen LogP contribution in [-0.4, -0.2) is 18.2 Å². The predicted octanol–water partition coefficient (Wildman–Crippen LogP) is 4.21. The van der Waals surface area contributed by atoms with Crippen LogP contribution in [-0.2, 0) is 9.53 Å². The minimum absolute atomic E-state index is 0.0578. The summed E-state index contributed by atoms with van der Waals surface area (Å²) in [5.74, 6) is 1.07. The van der Waals surface area contributed by atoms with Crippen molar-refractivity contribution in [2.45, 2.75) is 58.7 Å². The van der Waals surface area contributed by atoms with Crippen LogP contribution in [0.3, 0.4) is 0 Å². The average molecular weight is 290 g/mol. The Kier molecular flexibility index (Phi) is 5.66. The first kappa shape index (κ1) is 15.9. The van der Waals surface area contributed by atoms with Gasteiger partial charge in [0.1, 0.15) is 18.0 Å². The van der Waals surface area contributed by atoms with E-state index < -0.39 is 0 Å². The smallest absolute Gasteiger partial charge is 0.308 e. The summed E-state index contributed by atoms with van der Waals surface area (Å²) in [5.41, 5.74) is 0. The van der Waals surface area contributed by atoms with Gasteiger partial charge in [0.2, 0.25) is 0 Å². The van der Waals surface area contributed by atoms with Gasteiger partial charge in [0, 0.05) is 0 Å². The van der Waals surface area contributed by atoms with Gasteiger partial charge in [-0.05, 0) is 37.8 Å². The molecule has 1 aromatic carbocycles. The van der Waals surface area contributed by atoms with E-state index in [1.807, 2.05) is 51.1 Å². The first-order valence-electron chi connectivity index (χ1n) is 8.00. The van der Waals surface area contributed by atoms with Crippen LogP contribution in [0.2, 0.25) is 0 Å². The number of para-hydroxylation sites is 1. The van der Waals surface area contributed by atoms with Crippen molar-refractivity contribution < 1.29 is 14.3 Å². The van der Waals surface area contributed by atoms with E-state index in [0.29, 0.717) is 5.92 Å². The number of carbonyl (C=O) groups is 1. The van der Waals surface area contributed by atoms with Gasteiger partial charge in [0.15, 0.2) is 0 Å². The van der Waals surface area contributed by atoms with Gasteiger partial charge in [-0.25, -0.2) is 0 Å². The molecule has 116 valence electrons. The molecule has 1 fully saturated rings. The Morgan fingerprint density at radius 2 is 1.71 bits per heavy atom. The molecule has 2 atom stereocenters. The standard InChI is InChI=1S/C18H26O3/c1-13(2)18(19)20-14(3)17(15-9-7-8-10-15)21-16-11-5-4-6-12-16/h4-6,11-15,17H,7-10H2,1-3H3/t14-,17-/m0/s1. The molecule has 1 saturated carbocycles. The normalized spacial score (nSPS) is 18.5. The van der Waals surface area contributed by atoms with E-state index in [4.69, 9.17) is 9.47 Å². The average Bonchev–Trinajstić information content (AvgIpc) is 2.99. The van der Waals surface area contributed by atoms with E-state index in [-0.39, 0.29) is 24.1 Å². The molecule has 0 aromatic heterocycles. The highest BCUT2D eigenvalue weighted by Gasteiger charge is 2.33. The quantitative estimate of drug-likeness (QED) is 0.736. The van der Waals surface area contributed by atoms with Gasteiger partial charge < -0.3 is 9.47 Å². The topological polar surface area (TPSA) is 35.5 Å². The third kappa shape index (κ3) is 4.48. The van der Waals surface area contributed by atoms with E-state index in [2.05, 4.69) is 0 Å². The van der Waals surface area contributed by atoms with Crippen LogP contribution >= 0.6 is 0 Å². The van der Waals surface area contributed by atoms with Gasteiger partial charge in [-0.1, -0.05) is 44.9 Å². The number of rotatable bonds is 6. The Bertz CT molecular complexity index is 435. The number of benzene rings is 1. The number of carbonyl (C=O) groups excluding carboxylic acids is 1. The fourth-order valence-electron chi connectivity index (χ4n) is 2.90. The second-order valence-electron chi connectivity index (χ2n) is 6.24. The van der Waals surface area contributed by atoms with E-state index in [9.17, 15) is 4.79 Å². The lowest BCUT2D eigenvalue weighted by Gasteiger charge is -2.30. The maximum absolute atomic E-state index is 11.8. The van der Waals surface area contributed by atoms with Gasteiger partial charge in [-0.2, -0.15) is 0 Å². The van der Waals surface area contributed by atoms with Crippen LogP contribution in [0.5, 0.6) is 5.75 Å². The predicted molar refractivity (Wildman–Crippen MR) is 83.2 cm³/mol. The maximum Gasteiger partial charge on any atom is 0.308 e. The lowest BCUT2D eigenvalue weighted by atomic mass is 9.96. The summed E-state index contributed by atoms with van der Waals surface area (Å²) < 4.78 is 11.8. The lowest BCUT2D eigenvalue weighted by molar-refractivity contribution is -0.158. The number of ether oxygens (including phenoxy) is 2. The van der Waals surface area contributed by atoms with Crippen LogP contribution in [0.1, 0.15) is 46.5 Å². The molecule has 1 aliphatic rings.